The molecule has 1 aliphatic carbocycles. The van der Waals surface area contributed by atoms with E-state index in [2.05, 4.69) is 20.4 Å². The molecule has 0 unspecified atom stereocenters. The molecule has 0 atom stereocenters. The zero-order chi connectivity index (χ0) is 17.2. The molecule has 6 heteroatoms. The second kappa shape index (κ2) is 6.63. The van der Waals surface area contributed by atoms with Crippen LogP contribution >= 0.6 is 0 Å². The van der Waals surface area contributed by atoms with Crippen molar-refractivity contribution < 1.29 is 4.79 Å². The smallest absolute Gasteiger partial charge is 0.252 e. The van der Waals surface area contributed by atoms with Crippen molar-refractivity contribution in [1.82, 2.24) is 25.1 Å². The number of hydrogen-bond acceptors (Lipinski definition) is 4. The predicted molar refractivity (Wildman–Crippen MR) is 95.2 cm³/mol. The lowest BCUT2D eigenvalue weighted by Crippen LogP contribution is -2.23. The maximum absolute atomic E-state index is 12.7. The molecule has 1 fully saturated rings. The van der Waals surface area contributed by atoms with Crippen LogP contribution in [0.25, 0.3) is 11.0 Å². The van der Waals surface area contributed by atoms with E-state index in [1.165, 1.54) is 12.8 Å². The predicted octanol–water partition coefficient (Wildman–Crippen LogP) is 3.18. The molecule has 1 amide bonds. The largest absolute Gasteiger partial charge is 0.346 e. The molecule has 0 spiro atoms. The van der Waals surface area contributed by atoms with Crippen LogP contribution in [0.2, 0.25) is 0 Å². The number of carbonyl (C=O) groups excluding carboxylic acids is 1. The van der Waals surface area contributed by atoms with Crippen molar-refractivity contribution in [3.63, 3.8) is 0 Å². The Kier molecular flexibility index (Phi) is 4.17. The van der Waals surface area contributed by atoms with Crippen LogP contribution in [0.15, 0.2) is 36.7 Å². The van der Waals surface area contributed by atoms with E-state index in [0.29, 0.717) is 18.2 Å². The van der Waals surface area contributed by atoms with Crippen molar-refractivity contribution in [3.05, 3.63) is 53.6 Å². The van der Waals surface area contributed by atoms with E-state index in [1.807, 2.05) is 35.9 Å². The Morgan fingerprint density at radius 1 is 1.32 bits per heavy atom. The van der Waals surface area contributed by atoms with Gasteiger partial charge in [-0.3, -0.25) is 9.78 Å². The van der Waals surface area contributed by atoms with Crippen LogP contribution in [0.4, 0.5) is 0 Å². The normalized spacial score (nSPS) is 14.9. The summed E-state index contributed by atoms with van der Waals surface area (Å²) >= 11 is 0. The first kappa shape index (κ1) is 15.7. The van der Waals surface area contributed by atoms with Crippen molar-refractivity contribution in [2.24, 2.45) is 0 Å². The maximum Gasteiger partial charge on any atom is 0.252 e. The van der Waals surface area contributed by atoms with Crippen LogP contribution in [0.3, 0.4) is 0 Å². The summed E-state index contributed by atoms with van der Waals surface area (Å²) in [6.07, 6.45) is 8.23. The van der Waals surface area contributed by atoms with Crippen molar-refractivity contribution in [3.8, 4) is 0 Å². The zero-order valence-electron chi connectivity index (χ0n) is 14.3. The number of aryl methyl sites for hydroxylation is 1. The molecule has 6 nitrogen and oxygen atoms in total. The molecule has 0 aromatic carbocycles. The van der Waals surface area contributed by atoms with Crippen LogP contribution in [-0.2, 0) is 6.54 Å². The number of rotatable bonds is 4. The van der Waals surface area contributed by atoms with Gasteiger partial charge in [0, 0.05) is 11.9 Å². The molecule has 0 saturated heterocycles. The third-order valence-corrected chi connectivity index (χ3v) is 4.77. The second-order valence-electron chi connectivity index (χ2n) is 6.58. The van der Waals surface area contributed by atoms with Gasteiger partial charge in [-0.2, -0.15) is 5.10 Å². The lowest BCUT2D eigenvalue weighted by atomic mass is 10.1. The standard InChI is InChI=1S/C19H21N5O/c1-13-10-16(19(25)21-11-14-6-4-5-9-20-14)17-12-22-24(18(17)23-13)15-7-2-3-8-15/h4-6,9-10,12,15H,2-3,7-8,11H2,1H3,(H,21,25). The highest BCUT2D eigenvalue weighted by molar-refractivity contribution is 6.05. The number of carbonyl (C=O) groups is 1. The number of nitrogens with one attached hydrogen (secondary N) is 1. The number of aromatic nitrogens is 4. The summed E-state index contributed by atoms with van der Waals surface area (Å²) in [6, 6.07) is 7.90. The van der Waals surface area contributed by atoms with Crippen LogP contribution in [0.1, 0.15) is 53.5 Å². The SMILES string of the molecule is Cc1cc(C(=O)NCc2ccccn2)c2cnn(C3CCCC3)c2n1. The summed E-state index contributed by atoms with van der Waals surface area (Å²) in [7, 11) is 0. The fourth-order valence-corrected chi connectivity index (χ4v) is 3.52. The van der Waals surface area contributed by atoms with E-state index in [-0.39, 0.29) is 5.91 Å². The van der Waals surface area contributed by atoms with Gasteiger partial charge in [-0.1, -0.05) is 18.9 Å². The van der Waals surface area contributed by atoms with Gasteiger partial charge in [-0.15, -0.1) is 0 Å². The third kappa shape index (κ3) is 3.12. The molecule has 1 aliphatic rings. The number of amides is 1. The highest BCUT2D eigenvalue weighted by Crippen LogP contribution is 2.31. The molecule has 3 aromatic heterocycles. The Morgan fingerprint density at radius 2 is 2.16 bits per heavy atom. The number of fused-ring (bicyclic) bond motifs is 1. The average Bonchev–Trinajstić information content (AvgIpc) is 3.29. The van der Waals surface area contributed by atoms with E-state index in [1.54, 1.807) is 12.4 Å². The van der Waals surface area contributed by atoms with E-state index in [4.69, 9.17) is 0 Å². The van der Waals surface area contributed by atoms with Gasteiger partial charge < -0.3 is 5.32 Å². The lowest BCUT2D eigenvalue weighted by Gasteiger charge is -2.12. The van der Waals surface area contributed by atoms with E-state index >= 15 is 0 Å². The van der Waals surface area contributed by atoms with Crippen LogP contribution < -0.4 is 5.32 Å². The van der Waals surface area contributed by atoms with Gasteiger partial charge in [0.25, 0.3) is 5.91 Å². The van der Waals surface area contributed by atoms with Crippen LogP contribution in [-0.4, -0.2) is 25.7 Å². The van der Waals surface area contributed by atoms with Crippen molar-refractivity contribution in [2.45, 2.75) is 45.2 Å². The summed E-state index contributed by atoms with van der Waals surface area (Å²) in [5.41, 5.74) is 3.10. The minimum Gasteiger partial charge on any atom is -0.346 e. The zero-order valence-corrected chi connectivity index (χ0v) is 14.3. The Labute approximate surface area is 146 Å². The Bertz CT molecular complexity index is 897. The minimum absolute atomic E-state index is 0.118. The first-order valence-corrected chi connectivity index (χ1v) is 8.75. The molecule has 4 rings (SSSR count). The maximum atomic E-state index is 12.7. The van der Waals surface area contributed by atoms with Gasteiger partial charge in [0.05, 0.1) is 35.4 Å². The van der Waals surface area contributed by atoms with E-state index in [0.717, 1.165) is 35.3 Å². The first-order chi connectivity index (χ1) is 12.2. The van der Waals surface area contributed by atoms with Gasteiger partial charge in [0.1, 0.15) is 0 Å². The summed E-state index contributed by atoms with van der Waals surface area (Å²) < 4.78 is 2.00. The number of hydrogen-bond donors (Lipinski definition) is 1. The average molecular weight is 335 g/mol. The molecule has 3 aromatic rings. The topological polar surface area (TPSA) is 72.7 Å². The molecule has 0 aliphatic heterocycles. The van der Waals surface area contributed by atoms with E-state index in [9.17, 15) is 4.79 Å². The molecule has 1 N–H and O–H groups in total. The van der Waals surface area contributed by atoms with Gasteiger partial charge >= 0.3 is 0 Å². The Balaban J connectivity index is 1.63. The Hall–Kier alpha value is -2.76. The van der Waals surface area contributed by atoms with Gasteiger partial charge in [0.2, 0.25) is 0 Å². The highest BCUT2D eigenvalue weighted by atomic mass is 16.1. The van der Waals surface area contributed by atoms with Gasteiger partial charge in [-0.05, 0) is 38.0 Å². The fraction of sp³-hybridized carbons (Fsp3) is 0.368. The first-order valence-electron chi connectivity index (χ1n) is 8.75. The molecule has 128 valence electrons. The van der Waals surface area contributed by atoms with Gasteiger partial charge in [-0.25, -0.2) is 9.67 Å². The highest BCUT2D eigenvalue weighted by Gasteiger charge is 2.22. The molecular formula is C19H21N5O. The summed E-state index contributed by atoms with van der Waals surface area (Å²) in [4.78, 5) is 21.6. The van der Waals surface area contributed by atoms with Crippen molar-refractivity contribution in [1.29, 1.82) is 0 Å². The molecule has 25 heavy (non-hydrogen) atoms. The minimum atomic E-state index is -0.118. The molecule has 1 saturated carbocycles. The second-order valence-corrected chi connectivity index (χ2v) is 6.58. The molecular weight excluding hydrogens is 314 g/mol. The lowest BCUT2D eigenvalue weighted by molar-refractivity contribution is 0.0952. The molecule has 0 radical (unpaired) electrons. The van der Waals surface area contributed by atoms with Crippen LogP contribution in [0, 0.1) is 6.92 Å². The van der Waals surface area contributed by atoms with Crippen molar-refractivity contribution >= 4 is 16.9 Å². The quantitative estimate of drug-likeness (QED) is 0.795. The summed E-state index contributed by atoms with van der Waals surface area (Å²) in [6.45, 7) is 2.32. The van der Waals surface area contributed by atoms with Gasteiger partial charge in [0.15, 0.2) is 5.65 Å². The number of pyridine rings is 2. The molecule has 0 bridgehead atoms. The summed E-state index contributed by atoms with van der Waals surface area (Å²) in [5, 5.41) is 8.30. The fourth-order valence-electron chi connectivity index (χ4n) is 3.52. The van der Waals surface area contributed by atoms with Crippen molar-refractivity contribution in [2.75, 3.05) is 0 Å². The monoisotopic (exact) mass is 335 g/mol. The summed E-state index contributed by atoms with van der Waals surface area (Å²) in [5.74, 6) is -0.118. The Morgan fingerprint density at radius 3 is 2.92 bits per heavy atom. The molecule has 3 heterocycles. The number of nitrogens with zero attached hydrogens (tertiary/aromatic N) is 4. The van der Waals surface area contributed by atoms with E-state index < -0.39 is 0 Å². The third-order valence-electron chi connectivity index (χ3n) is 4.77. The van der Waals surface area contributed by atoms with Crippen LogP contribution in [0.5, 0.6) is 0 Å².